The zero-order valence-electron chi connectivity index (χ0n) is 12.7. The molecule has 2 N–H and O–H groups in total. The van der Waals surface area contributed by atoms with E-state index in [-0.39, 0.29) is 0 Å². The second-order valence-corrected chi connectivity index (χ2v) is 5.66. The molecule has 1 unspecified atom stereocenters. The van der Waals surface area contributed by atoms with Crippen LogP contribution in [0.25, 0.3) is 0 Å². The lowest BCUT2D eigenvalue weighted by Gasteiger charge is -2.21. The largest absolute Gasteiger partial charge is 0.492 e. The average Bonchev–Trinajstić information content (AvgIpc) is 2.36. The summed E-state index contributed by atoms with van der Waals surface area (Å²) in [6.45, 7) is 9.09. The van der Waals surface area contributed by atoms with Crippen molar-refractivity contribution in [1.82, 2.24) is 4.90 Å². The first kappa shape index (κ1) is 16.0. The molecule has 0 saturated carbocycles. The fourth-order valence-electron chi connectivity index (χ4n) is 1.84. The molecule has 1 atom stereocenters. The highest BCUT2D eigenvalue weighted by Crippen LogP contribution is 2.12. The monoisotopic (exact) mass is 264 g/mol. The van der Waals surface area contributed by atoms with Crippen LogP contribution in [0.5, 0.6) is 5.75 Å². The molecule has 0 bridgehead atoms. The molecule has 1 aromatic carbocycles. The molecular formula is C16H28N2O. The van der Waals surface area contributed by atoms with E-state index in [0.29, 0.717) is 12.0 Å². The highest BCUT2D eigenvalue weighted by Gasteiger charge is 2.08. The van der Waals surface area contributed by atoms with Crippen LogP contribution in [0.4, 0.5) is 0 Å². The minimum absolute atomic E-state index is 0.292. The zero-order valence-corrected chi connectivity index (χ0v) is 12.7. The van der Waals surface area contributed by atoms with E-state index in [1.807, 2.05) is 12.1 Å². The molecule has 0 saturated heterocycles. The standard InChI is InChI=1S/C16H28N2O/c1-13(2)16(17)8-9-18(4)10-11-19-15-7-5-6-14(3)12-15/h5-7,12-13,16H,8-11,17H2,1-4H3. The molecule has 0 aliphatic heterocycles. The van der Waals surface area contributed by atoms with Gasteiger partial charge in [-0.1, -0.05) is 26.0 Å². The third kappa shape index (κ3) is 6.60. The van der Waals surface area contributed by atoms with E-state index in [1.54, 1.807) is 0 Å². The summed E-state index contributed by atoms with van der Waals surface area (Å²) >= 11 is 0. The fourth-order valence-corrected chi connectivity index (χ4v) is 1.84. The summed E-state index contributed by atoms with van der Waals surface area (Å²) in [4.78, 5) is 2.28. The van der Waals surface area contributed by atoms with E-state index in [0.717, 1.165) is 31.9 Å². The number of likely N-dealkylation sites (N-methyl/N-ethyl adjacent to an activating group) is 1. The zero-order chi connectivity index (χ0) is 14.3. The maximum atomic E-state index is 6.04. The third-order valence-electron chi connectivity index (χ3n) is 3.43. The normalized spacial score (nSPS) is 13.0. The molecule has 0 aliphatic rings. The van der Waals surface area contributed by atoms with E-state index in [9.17, 15) is 0 Å². The molecule has 19 heavy (non-hydrogen) atoms. The number of ether oxygens (including phenoxy) is 1. The Labute approximate surface area is 117 Å². The van der Waals surface area contributed by atoms with Crippen LogP contribution in [0.1, 0.15) is 25.8 Å². The first-order valence-electron chi connectivity index (χ1n) is 7.12. The van der Waals surface area contributed by atoms with Gasteiger partial charge in [0, 0.05) is 12.6 Å². The molecule has 0 heterocycles. The number of nitrogens with two attached hydrogens (primary N) is 1. The van der Waals surface area contributed by atoms with Crippen LogP contribution in [0, 0.1) is 12.8 Å². The third-order valence-corrected chi connectivity index (χ3v) is 3.43. The smallest absolute Gasteiger partial charge is 0.119 e. The predicted molar refractivity (Wildman–Crippen MR) is 81.6 cm³/mol. The molecule has 3 nitrogen and oxygen atoms in total. The van der Waals surface area contributed by atoms with Crippen LogP contribution in [0.2, 0.25) is 0 Å². The van der Waals surface area contributed by atoms with E-state index < -0.39 is 0 Å². The van der Waals surface area contributed by atoms with Gasteiger partial charge in [0.1, 0.15) is 12.4 Å². The Morgan fingerprint density at radius 3 is 2.63 bits per heavy atom. The molecule has 0 spiro atoms. The van der Waals surface area contributed by atoms with Gasteiger partial charge in [-0.2, -0.15) is 0 Å². The summed E-state index contributed by atoms with van der Waals surface area (Å²) in [6, 6.07) is 8.46. The van der Waals surface area contributed by atoms with E-state index in [2.05, 4.69) is 44.9 Å². The van der Waals surface area contributed by atoms with Crippen molar-refractivity contribution in [2.75, 3.05) is 26.7 Å². The molecule has 1 aromatic rings. The Kier molecular flexibility index (Phi) is 6.89. The minimum atomic E-state index is 0.292. The van der Waals surface area contributed by atoms with Crippen molar-refractivity contribution >= 4 is 0 Å². The van der Waals surface area contributed by atoms with Gasteiger partial charge >= 0.3 is 0 Å². The van der Waals surface area contributed by atoms with Gasteiger partial charge in [-0.05, 0) is 50.6 Å². The van der Waals surface area contributed by atoms with Crippen molar-refractivity contribution in [3.8, 4) is 5.75 Å². The highest BCUT2D eigenvalue weighted by atomic mass is 16.5. The van der Waals surface area contributed by atoms with Crippen molar-refractivity contribution in [1.29, 1.82) is 0 Å². The van der Waals surface area contributed by atoms with Crippen LogP contribution in [0.15, 0.2) is 24.3 Å². The molecule has 108 valence electrons. The van der Waals surface area contributed by atoms with Gasteiger partial charge < -0.3 is 15.4 Å². The Morgan fingerprint density at radius 2 is 2.00 bits per heavy atom. The second-order valence-electron chi connectivity index (χ2n) is 5.66. The average molecular weight is 264 g/mol. The van der Waals surface area contributed by atoms with E-state index in [4.69, 9.17) is 10.5 Å². The summed E-state index contributed by atoms with van der Waals surface area (Å²) in [7, 11) is 2.12. The lowest BCUT2D eigenvalue weighted by Crippen LogP contribution is -2.33. The summed E-state index contributed by atoms with van der Waals surface area (Å²) in [5.41, 5.74) is 7.27. The van der Waals surface area contributed by atoms with Crippen molar-refractivity contribution in [3.63, 3.8) is 0 Å². The quantitative estimate of drug-likeness (QED) is 0.784. The lowest BCUT2D eigenvalue weighted by molar-refractivity contribution is 0.228. The predicted octanol–water partition coefficient (Wildman–Crippen LogP) is 2.68. The Morgan fingerprint density at radius 1 is 1.26 bits per heavy atom. The Hall–Kier alpha value is -1.06. The maximum absolute atomic E-state index is 6.04. The number of aryl methyl sites for hydroxylation is 1. The molecule has 3 heteroatoms. The summed E-state index contributed by atoms with van der Waals surface area (Å²) in [5, 5.41) is 0. The summed E-state index contributed by atoms with van der Waals surface area (Å²) < 4.78 is 5.74. The van der Waals surface area contributed by atoms with Gasteiger partial charge in [0.2, 0.25) is 0 Å². The molecule has 0 aliphatic carbocycles. The number of hydrogen-bond donors (Lipinski definition) is 1. The van der Waals surface area contributed by atoms with Crippen LogP contribution in [-0.4, -0.2) is 37.7 Å². The van der Waals surface area contributed by atoms with Gasteiger partial charge in [0.05, 0.1) is 0 Å². The van der Waals surface area contributed by atoms with Gasteiger partial charge in [-0.3, -0.25) is 0 Å². The number of rotatable bonds is 8. The summed E-state index contributed by atoms with van der Waals surface area (Å²) in [5.74, 6) is 1.50. The lowest BCUT2D eigenvalue weighted by atomic mass is 10.0. The van der Waals surface area contributed by atoms with Crippen molar-refractivity contribution in [2.45, 2.75) is 33.2 Å². The highest BCUT2D eigenvalue weighted by molar-refractivity contribution is 5.27. The molecule has 1 rings (SSSR count). The van der Waals surface area contributed by atoms with Gasteiger partial charge in [-0.15, -0.1) is 0 Å². The van der Waals surface area contributed by atoms with Crippen molar-refractivity contribution in [2.24, 2.45) is 11.7 Å². The summed E-state index contributed by atoms with van der Waals surface area (Å²) in [6.07, 6.45) is 1.04. The van der Waals surface area contributed by atoms with Crippen molar-refractivity contribution < 1.29 is 4.74 Å². The first-order valence-corrected chi connectivity index (χ1v) is 7.12. The van der Waals surface area contributed by atoms with Gasteiger partial charge in [-0.25, -0.2) is 0 Å². The Balaban J connectivity index is 2.18. The van der Waals surface area contributed by atoms with Crippen LogP contribution < -0.4 is 10.5 Å². The van der Waals surface area contributed by atoms with Crippen LogP contribution in [0.3, 0.4) is 0 Å². The van der Waals surface area contributed by atoms with E-state index >= 15 is 0 Å². The molecule has 0 fully saturated rings. The maximum Gasteiger partial charge on any atom is 0.119 e. The topological polar surface area (TPSA) is 38.5 Å². The molecule has 0 amide bonds. The van der Waals surface area contributed by atoms with Gasteiger partial charge in [0.25, 0.3) is 0 Å². The van der Waals surface area contributed by atoms with E-state index in [1.165, 1.54) is 5.56 Å². The second kappa shape index (κ2) is 8.18. The van der Waals surface area contributed by atoms with Crippen LogP contribution >= 0.6 is 0 Å². The fraction of sp³-hybridized carbons (Fsp3) is 0.625. The number of benzene rings is 1. The number of hydrogen-bond acceptors (Lipinski definition) is 3. The number of nitrogens with zero attached hydrogens (tertiary/aromatic N) is 1. The Bertz CT molecular complexity index is 366. The molecule has 0 radical (unpaired) electrons. The van der Waals surface area contributed by atoms with Crippen LogP contribution in [-0.2, 0) is 0 Å². The van der Waals surface area contributed by atoms with Crippen molar-refractivity contribution in [3.05, 3.63) is 29.8 Å². The minimum Gasteiger partial charge on any atom is -0.492 e. The first-order chi connectivity index (χ1) is 8.99. The SMILES string of the molecule is Cc1cccc(OCCN(C)CCC(N)C(C)C)c1. The molecular weight excluding hydrogens is 236 g/mol. The van der Waals surface area contributed by atoms with Gasteiger partial charge in [0.15, 0.2) is 0 Å². The molecule has 0 aromatic heterocycles.